The smallest absolute Gasteiger partial charge is 0.248 e. The predicted molar refractivity (Wildman–Crippen MR) is 44.2 cm³/mol. The van der Waals surface area contributed by atoms with Gasteiger partial charge < -0.3 is 5.73 Å². The molecule has 0 radical (unpaired) electrons. The molecule has 6 heteroatoms. The Hall–Kier alpha value is -1.17. The first kappa shape index (κ1) is 8.92. The molecule has 1 heterocycles. The third-order valence-corrected chi connectivity index (χ3v) is 2.83. The standard InChI is InChI=1S/C6H9N3O2S/c1-2-12(10,11)6-8-4-3-5(7)9-6/h3-4H,2H2,1H3,(H2,7,8,9). The number of aromatic nitrogens is 2. The molecule has 0 atom stereocenters. The van der Waals surface area contributed by atoms with Crippen LogP contribution in [0.3, 0.4) is 0 Å². The van der Waals surface area contributed by atoms with E-state index in [9.17, 15) is 8.42 Å². The van der Waals surface area contributed by atoms with Gasteiger partial charge in [-0.1, -0.05) is 6.92 Å². The van der Waals surface area contributed by atoms with Crippen LogP contribution in [0.2, 0.25) is 0 Å². The van der Waals surface area contributed by atoms with Crippen molar-refractivity contribution < 1.29 is 8.42 Å². The highest BCUT2D eigenvalue weighted by molar-refractivity contribution is 7.91. The summed E-state index contributed by atoms with van der Waals surface area (Å²) in [6.45, 7) is 1.53. The second-order valence-electron chi connectivity index (χ2n) is 2.17. The quantitative estimate of drug-likeness (QED) is 0.651. The average Bonchev–Trinajstić information content (AvgIpc) is 2.05. The molecule has 2 N–H and O–H groups in total. The van der Waals surface area contributed by atoms with Gasteiger partial charge in [-0.2, -0.15) is 0 Å². The predicted octanol–water partition coefficient (Wildman–Crippen LogP) is -0.148. The monoisotopic (exact) mass is 187 g/mol. The number of sulfone groups is 1. The molecule has 1 aromatic heterocycles. The van der Waals surface area contributed by atoms with Gasteiger partial charge in [-0.05, 0) is 6.07 Å². The van der Waals surface area contributed by atoms with Crippen LogP contribution in [0.1, 0.15) is 6.92 Å². The third kappa shape index (κ3) is 1.70. The van der Waals surface area contributed by atoms with Crippen molar-refractivity contribution in [1.29, 1.82) is 0 Å². The Kier molecular flexibility index (Phi) is 2.27. The summed E-state index contributed by atoms with van der Waals surface area (Å²) < 4.78 is 22.3. The maximum atomic E-state index is 11.2. The summed E-state index contributed by atoms with van der Waals surface area (Å²) >= 11 is 0. The Morgan fingerprint density at radius 1 is 1.58 bits per heavy atom. The molecule has 0 fully saturated rings. The van der Waals surface area contributed by atoms with E-state index in [1.807, 2.05) is 0 Å². The molecule has 1 rings (SSSR count). The first-order valence-corrected chi connectivity index (χ1v) is 5.03. The van der Waals surface area contributed by atoms with E-state index >= 15 is 0 Å². The number of nitrogens with two attached hydrogens (primary N) is 1. The van der Waals surface area contributed by atoms with E-state index in [-0.39, 0.29) is 16.7 Å². The molecule has 0 aromatic carbocycles. The summed E-state index contributed by atoms with van der Waals surface area (Å²) in [4.78, 5) is 7.20. The maximum Gasteiger partial charge on any atom is 0.248 e. The van der Waals surface area contributed by atoms with Crippen LogP contribution in [-0.4, -0.2) is 24.1 Å². The van der Waals surface area contributed by atoms with E-state index in [4.69, 9.17) is 5.73 Å². The number of nitrogens with zero attached hydrogens (tertiary/aromatic N) is 2. The van der Waals surface area contributed by atoms with Gasteiger partial charge in [0, 0.05) is 6.20 Å². The lowest BCUT2D eigenvalue weighted by molar-refractivity contribution is 0.588. The van der Waals surface area contributed by atoms with Crippen LogP contribution < -0.4 is 5.73 Å². The molecule has 0 amide bonds. The number of nitrogen functional groups attached to an aromatic ring is 1. The SMILES string of the molecule is CCS(=O)(=O)c1nccc(N)n1. The van der Waals surface area contributed by atoms with Crippen molar-refractivity contribution in [3.8, 4) is 0 Å². The Morgan fingerprint density at radius 3 is 2.75 bits per heavy atom. The van der Waals surface area contributed by atoms with Gasteiger partial charge in [0.1, 0.15) is 5.82 Å². The minimum Gasteiger partial charge on any atom is -0.384 e. The maximum absolute atomic E-state index is 11.2. The van der Waals surface area contributed by atoms with E-state index < -0.39 is 9.84 Å². The van der Waals surface area contributed by atoms with Gasteiger partial charge in [-0.3, -0.25) is 0 Å². The van der Waals surface area contributed by atoms with Gasteiger partial charge >= 0.3 is 0 Å². The number of rotatable bonds is 2. The van der Waals surface area contributed by atoms with Crippen LogP contribution in [0.25, 0.3) is 0 Å². The summed E-state index contributed by atoms with van der Waals surface area (Å²) in [7, 11) is -3.32. The Morgan fingerprint density at radius 2 is 2.25 bits per heavy atom. The summed E-state index contributed by atoms with van der Waals surface area (Å²) in [5.74, 6) is 0.147. The molecular formula is C6H9N3O2S. The van der Waals surface area contributed by atoms with Crippen molar-refractivity contribution in [1.82, 2.24) is 9.97 Å². The van der Waals surface area contributed by atoms with Gasteiger partial charge in [0.05, 0.1) is 5.75 Å². The minimum absolute atomic E-state index is 0.0174. The number of hydrogen-bond donors (Lipinski definition) is 1. The topological polar surface area (TPSA) is 85.9 Å². The molecule has 0 aliphatic heterocycles. The molecule has 1 aromatic rings. The van der Waals surface area contributed by atoms with Crippen molar-refractivity contribution >= 4 is 15.7 Å². The van der Waals surface area contributed by atoms with Crippen molar-refractivity contribution in [2.45, 2.75) is 12.1 Å². The normalized spacial score (nSPS) is 11.4. The van der Waals surface area contributed by atoms with Gasteiger partial charge in [0.15, 0.2) is 0 Å². The van der Waals surface area contributed by atoms with E-state index in [1.54, 1.807) is 0 Å². The third-order valence-electron chi connectivity index (χ3n) is 1.31. The van der Waals surface area contributed by atoms with Crippen molar-refractivity contribution in [3.63, 3.8) is 0 Å². The average molecular weight is 187 g/mol. The Bertz CT molecular complexity index is 374. The van der Waals surface area contributed by atoms with Crippen LogP contribution in [0, 0.1) is 0 Å². The van der Waals surface area contributed by atoms with Gasteiger partial charge in [0.25, 0.3) is 0 Å². The van der Waals surface area contributed by atoms with Crippen LogP contribution in [0.4, 0.5) is 5.82 Å². The lowest BCUT2D eigenvalue weighted by Gasteiger charge is -1.98. The molecule has 0 bridgehead atoms. The van der Waals surface area contributed by atoms with Crippen molar-refractivity contribution in [2.75, 3.05) is 11.5 Å². The second kappa shape index (κ2) is 3.06. The van der Waals surface area contributed by atoms with Gasteiger partial charge in [-0.25, -0.2) is 18.4 Å². The van der Waals surface area contributed by atoms with E-state index in [0.29, 0.717) is 0 Å². The molecule has 12 heavy (non-hydrogen) atoms. The zero-order valence-electron chi connectivity index (χ0n) is 6.56. The molecule has 0 saturated carbocycles. The summed E-state index contributed by atoms with van der Waals surface area (Å²) in [5, 5.41) is -0.204. The van der Waals surface area contributed by atoms with Gasteiger partial charge in [-0.15, -0.1) is 0 Å². The number of anilines is 1. The molecule has 66 valence electrons. The van der Waals surface area contributed by atoms with Crippen molar-refractivity contribution in [3.05, 3.63) is 12.3 Å². The van der Waals surface area contributed by atoms with Crippen LogP contribution in [0.15, 0.2) is 17.4 Å². The van der Waals surface area contributed by atoms with Crippen molar-refractivity contribution in [2.24, 2.45) is 0 Å². The van der Waals surface area contributed by atoms with E-state index in [1.165, 1.54) is 19.2 Å². The fourth-order valence-corrected chi connectivity index (χ4v) is 1.36. The second-order valence-corrected chi connectivity index (χ2v) is 4.34. The Labute approximate surface area is 70.6 Å². The molecule has 5 nitrogen and oxygen atoms in total. The summed E-state index contributed by atoms with van der Waals surface area (Å²) in [6, 6.07) is 1.44. The lowest BCUT2D eigenvalue weighted by atomic mass is 10.6. The highest BCUT2D eigenvalue weighted by Crippen LogP contribution is 2.05. The van der Waals surface area contributed by atoms with Crippen LogP contribution >= 0.6 is 0 Å². The molecule has 0 spiro atoms. The van der Waals surface area contributed by atoms with Crippen LogP contribution in [0.5, 0.6) is 0 Å². The molecule has 0 unspecified atom stereocenters. The first-order chi connectivity index (χ1) is 5.56. The van der Waals surface area contributed by atoms with Crippen LogP contribution in [-0.2, 0) is 9.84 Å². The van der Waals surface area contributed by atoms with E-state index in [0.717, 1.165) is 0 Å². The highest BCUT2D eigenvalue weighted by atomic mass is 32.2. The molecule has 0 saturated heterocycles. The zero-order chi connectivity index (χ0) is 9.19. The summed E-state index contributed by atoms with van der Waals surface area (Å²) in [5.41, 5.74) is 5.29. The first-order valence-electron chi connectivity index (χ1n) is 3.37. The molecule has 0 aliphatic carbocycles. The molecular weight excluding hydrogens is 178 g/mol. The van der Waals surface area contributed by atoms with E-state index in [2.05, 4.69) is 9.97 Å². The zero-order valence-corrected chi connectivity index (χ0v) is 7.37. The largest absolute Gasteiger partial charge is 0.384 e. The fraction of sp³-hybridized carbons (Fsp3) is 0.333. The highest BCUT2D eigenvalue weighted by Gasteiger charge is 2.14. The lowest BCUT2D eigenvalue weighted by Crippen LogP contribution is -2.09. The molecule has 0 aliphatic rings. The minimum atomic E-state index is -3.32. The summed E-state index contributed by atoms with van der Waals surface area (Å²) in [6.07, 6.45) is 1.32. The van der Waals surface area contributed by atoms with Gasteiger partial charge in [0.2, 0.25) is 15.0 Å². The fourth-order valence-electron chi connectivity index (χ4n) is 0.633. The Balaban J connectivity index is 3.21. The number of hydrogen-bond acceptors (Lipinski definition) is 5.